The molecule has 1 saturated heterocycles. The van der Waals surface area contributed by atoms with Gasteiger partial charge in [-0.05, 0) is 35.1 Å². The third kappa shape index (κ3) is 3.28. The molecule has 16 heavy (non-hydrogen) atoms. The average molecular weight is 304 g/mol. The second-order valence-electron chi connectivity index (χ2n) is 4.35. The van der Waals surface area contributed by atoms with Crippen LogP contribution in [0.2, 0.25) is 0 Å². The van der Waals surface area contributed by atoms with E-state index >= 15 is 0 Å². The summed E-state index contributed by atoms with van der Waals surface area (Å²) < 4.78 is 1.16. The van der Waals surface area contributed by atoms with Gasteiger partial charge in [-0.15, -0.1) is 11.3 Å². The molecule has 0 saturated carbocycles. The van der Waals surface area contributed by atoms with Gasteiger partial charge in [-0.1, -0.05) is 0 Å². The van der Waals surface area contributed by atoms with Crippen molar-refractivity contribution in [3.63, 3.8) is 0 Å². The van der Waals surface area contributed by atoms with E-state index in [4.69, 9.17) is 5.73 Å². The first kappa shape index (κ1) is 12.5. The van der Waals surface area contributed by atoms with Gasteiger partial charge in [0.2, 0.25) is 0 Å². The smallest absolute Gasteiger partial charge is 0.0701 e. The van der Waals surface area contributed by atoms with Crippen molar-refractivity contribution in [2.75, 3.05) is 39.8 Å². The summed E-state index contributed by atoms with van der Waals surface area (Å²) in [5.74, 6) is 0. The van der Waals surface area contributed by atoms with Crippen molar-refractivity contribution in [1.29, 1.82) is 0 Å². The molecule has 1 aromatic rings. The number of thiophene rings is 1. The van der Waals surface area contributed by atoms with E-state index in [-0.39, 0.29) is 6.04 Å². The van der Waals surface area contributed by atoms with Gasteiger partial charge in [-0.2, -0.15) is 0 Å². The van der Waals surface area contributed by atoms with Crippen molar-refractivity contribution < 1.29 is 0 Å². The zero-order valence-corrected chi connectivity index (χ0v) is 11.9. The number of nitrogens with two attached hydrogens (primary N) is 1. The third-order valence-electron chi connectivity index (χ3n) is 3.01. The molecule has 0 aliphatic carbocycles. The lowest BCUT2D eigenvalue weighted by molar-refractivity contribution is 0.148. The SMILES string of the molecule is CN1CCN(CC(N)c2ccc(Br)s2)CC1. The Morgan fingerprint density at radius 3 is 2.62 bits per heavy atom. The average Bonchev–Trinajstić information content (AvgIpc) is 2.68. The number of piperazine rings is 1. The lowest BCUT2D eigenvalue weighted by Gasteiger charge is -2.33. The highest BCUT2D eigenvalue weighted by Crippen LogP contribution is 2.26. The summed E-state index contributed by atoms with van der Waals surface area (Å²) in [6.45, 7) is 5.55. The first-order valence-corrected chi connectivity index (χ1v) is 7.18. The molecule has 1 aromatic heterocycles. The molecule has 2 rings (SSSR count). The van der Waals surface area contributed by atoms with Crippen LogP contribution in [0.1, 0.15) is 10.9 Å². The largest absolute Gasteiger partial charge is 0.322 e. The predicted molar refractivity (Wildman–Crippen MR) is 72.9 cm³/mol. The fourth-order valence-corrected chi connectivity index (χ4v) is 3.34. The number of likely N-dealkylation sites (N-methyl/N-ethyl adjacent to an activating group) is 1. The maximum absolute atomic E-state index is 6.21. The molecule has 1 fully saturated rings. The van der Waals surface area contributed by atoms with Crippen molar-refractivity contribution in [2.24, 2.45) is 5.73 Å². The van der Waals surface area contributed by atoms with Crippen LogP contribution in [0.15, 0.2) is 15.9 Å². The zero-order chi connectivity index (χ0) is 11.5. The number of rotatable bonds is 3. The maximum Gasteiger partial charge on any atom is 0.0701 e. The summed E-state index contributed by atoms with van der Waals surface area (Å²) in [6.07, 6.45) is 0. The Hall–Kier alpha value is 0.0600. The third-order valence-corrected chi connectivity index (χ3v) is 4.77. The van der Waals surface area contributed by atoms with Crippen molar-refractivity contribution in [2.45, 2.75) is 6.04 Å². The molecule has 5 heteroatoms. The van der Waals surface area contributed by atoms with Crippen LogP contribution in [-0.2, 0) is 0 Å². The Morgan fingerprint density at radius 1 is 1.38 bits per heavy atom. The fraction of sp³-hybridized carbons (Fsp3) is 0.636. The minimum atomic E-state index is 0.153. The van der Waals surface area contributed by atoms with Gasteiger partial charge in [0.25, 0.3) is 0 Å². The van der Waals surface area contributed by atoms with E-state index < -0.39 is 0 Å². The first-order valence-electron chi connectivity index (χ1n) is 5.57. The topological polar surface area (TPSA) is 32.5 Å². The normalized spacial score (nSPS) is 21.2. The Labute approximate surface area is 109 Å². The Kier molecular flexibility index (Phi) is 4.38. The van der Waals surface area contributed by atoms with E-state index in [2.05, 4.69) is 44.9 Å². The van der Waals surface area contributed by atoms with Gasteiger partial charge in [0, 0.05) is 37.6 Å². The van der Waals surface area contributed by atoms with E-state index in [1.54, 1.807) is 11.3 Å². The summed E-state index contributed by atoms with van der Waals surface area (Å²) >= 11 is 5.22. The highest BCUT2D eigenvalue weighted by Gasteiger charge is 2.17. The molecule has 2 heterocycles. The molecular formula is C11H18BrN3S. The summed E-state index contributed by atoms with van der Waals surface area (Å²) in [5.41, 5.74) is 6.21. The van der Waals surface area contributed by atoms with Crippen LogP contribution in [0, 0.1) is 0 Å². The highest BCUT2D eigenvalue weighted by molar-refractivity contribution is 9.11. The monoisotopic (exact) mass is 303 g/mol. The second-order valence-corrected chi connectivity index (χ2v) is 6.85. The quantitative estimate of drug-likeness (QED) is 0.923. The highest BCUT2D eigenvalue weighted by atomic mass is 79.9. The van der Waals surface area contributed by atoms with Gasteiger partial charge >= 0.3 is 0 Å². The van der Waals surface area contributed by atoms with Gasteiger partial charge in [-0.3, -0.25) is 4.90 Å². The summed E-state index contributed by atoms with van der Waals surface area (Å²) in [7, 11) is 2.17. The summed E-state index contributed by atoms with van der Waals surface area (Å²) in [6, 6.07) is 4.35. The van der Waals surface area contributed by atoms with Gasteiger partial charge in [0.15, 0.2) is 0 Å². The molecule has 0 aromatic carbocycles. The number of nitrogens with zero attached hydrogens (tertiary/aromatic N) is 2. The van der Waals surface area contributed by atoms with Crippen LogP contribution in [0.5, 0.6) is 0 Å². The molecule has 0 spiro atoms. The Balaban J connectivity index is 1.85. The van der Waals surface area contributed by atoms with E-state index in [1.807, 2.05) is 0 Å². The molecule has 2 N–H and O–H groups in total. The van der Waals surface area contributed by atoms with Crippen molar-refractivity contribution in [3.05, 3.63) is 20.8 Å². The van der Waals surface area contributed by atoms with Crippen LogP contribution < -0.4 is 5.73 Å². The number of hydrogen-bond acceptors (Lipinski definition) is 4. The molecule has 0 bridgehead atoms. The van der Waals surface area contributed by atoms with Crippen molar-refractivity contribution in [3.8, 4) is 0 Å². The minimum absolute atomic E-state index is 0.153. The van der Waals surface area contributed by atoms with E-state index in [9.17, 15) is 0 Å². The standard InChI is InChI=1S/C11H18BrN3S/c1-14-4-6-15(7-5-14)8-9(13)10-2-3-11(12)16-10/h2-3,9H,4-8,13H2,1H3. The van der Waals surface area contributed by atoms with Gasteiger partial charge in [0.1, 0.15) is 0 Å². The molecule has 1 aliphatic heterocycles. The molecule has 1 unspecified atom stereocenters. The molecule has 0 amide bonds. The summed E-state index contributed by atoms with van der Waals surface area (Å²) in [4.78, 5) is 6.09. The lowest BCUT2D eigenvalue weighted by atomic mass is 10.2. The molecule has 0 radical (unpaired) electrons. The van der Waals surface area contributed by atoms with Crippen LogP contribution in [0.25, 0.3) is 0 Å². The van der Waals surface area contributed by atoms with Crippen LogP contribution >= 0.6 is 27.3 Å². The minimum Gasteiger partial charge on any atom is -0.322 e. The van der Waals surface area contributed by atoms with Crippen LogP contribution in [0.3, 0.4) is 0 Å². The number of halogens is 1. The van der Waals surface area contributed by atoms with Gasteiger partial charge < -0.3 is 10.6 Å². The fourth-order valence-electron chi connectivity index (χ4n) is 1.93. The lowest BCUT2D eigenvalue weighted by Crippen LogP contribution is -2.46. The van der Waals surface area contributed by atoms with Crippen LogP contribution in [-0.4, -0.2) is 49.6 Å². The maximum atomic E-state index is 6.21. The number of hydrogen-bond donors (Lipinski definition) is 1. The predicted octanol–water partition coefficient (Wildman–Crippen LogP) is 1.76. The van der Waals surface area contributed by atoms with Crippen molar-refractivity contribution in [1.82, 2.24) is 9.80 Å². The Bertz CT molecular complexity index is 334. The molecule has 1 aliphatic rings. The van der Waals surface area contributed by atoms with E-state index in [0.717, 1.165) is 36.5 Å². The first-order chi connectivity index (χ1) is 7.65. The molecular weight excluding hydrogens is 286 g/mol. The van der Waals surface area contributed by atoms with Gasteiger partial charge in [0.05, 0.1) is 9.83 Å². The summed E-state index contributed by atoms with van der Waals surface area (Å²) in [5, 5.41) is 0. The molecule has 90 valence electrons. The molecule has 3 nitrogen and oxygen atoms in total. The van der Waals surface area contributed by atoms with E-state index in [0.29, 0.717) is 0 Å². The van der Waals surface area contributed by atoms with Crippen molar-refractivity contribution >= 4 is 27.3 Å². The second kappa shape index (κ2) is 5.60. The zero-order valence-electron chi connectivity index (χ0n) is 9.53. The molecule has 1 atom stereocenters. The van der Waals surface area contributed by atoms with E-state index in [1.165, 1.54) is 4.88 Å². The van der Waals surface area contributed by atoms with Crippen LogP contribution in [0.4, 0.5) is 0 Å². The van der Waals surface area contributed by atoms with Gasteiger partial charge in [-0.25, -0.2) is 0 Å². The Morgan fingerprint density at radius 2 is 2.06 bits per heavy atom.